The normalized spacial score (nSPS) is 9.90. The second kappa shape index (κ2) is 4.88. The molecule has 0 aliphatic rings. The van der Waals surface area contributed by atoms with Crippen molar-refractivity contribution in [2.24, 2.45) is 0 Å². The minimum Gasteiger partial charge on any atom is -0.192 e. The summed E-state index contributed by atoms with van der Waals surface area (Å²) in [7, 11) is 0. The van der Waals surface area contributed by atoms with E-state index in [9.17, 15) is 0 Å². The van der Waals surface area contributed by atoms with Gasteiger partial charge >= 0.3 is 0 Å². The first-order valence-electron chi connectivity index (χ1n) is 6.26. The number of fused-ring (bicyclic) bond motifs is 3. The Kier molecular flexibility index (Phi) is 2.92. The van der Waals surface area contributed by atoms with Crippen LogP contribution in [0.2, 0.25) is 0 Å². The van der Waals surface area contributed by atoms with Crippen LogP contribution in [0.1, 0.15) is 5.56 Å². The molecule has 0 unspecified atom stereocenters. The van der Waals surface area contributed by atoms with Crippen molar-refractivity contribution in [2.75, 3.05) is 0 Å². The van der Waals surface area contributed by atoms with Crippen LogP contribution < -0.4 is 0 Å². The van der Waals surface area contributed by atoms with Crippen LogP contribution in [0.25, 0.3) is 27.6 Å². The molecule has 3 aromatic rings. The summed E-state index contributed by atoms with van der Waals surface area (Å²) in [5.41, 5.74) is 1.02. The summed E-state index contributed by atoms with van der Waals surface area (Å²) in [5, 5.41) is 22.3. The summed E-state index contributed by atoms with van der Waals surface area (Å²) in [5.74, 6) is 0. The Balaban J connectivity index is 2.45. The lowest BCUT2D eigenvalue weighted by molar-refractivity contribution is 1.47. The third kappa shape index (κ3) is 1.90. The van der Waals surface area contributed by atoms with Gasteiger partial charge in [0.25, 0.3) is 0 Å². The van der Waals surface area contributed by atoms with E-state index in [-0.39, 0.29) is 5.57 Å². The van der Waals surface area contributed by atoms with Crippen molar-refractivity contribution in [3.8, 4) is 12.1 Å². The summed E-state index contributed by atoms with van der Waals surface area (Å²) < 4.78 is 0. The fourth-order valence-corrected chi connectivity index (χ4v) is 2.45. The fraction of sp³-hybridized carbons (Fsp3) is 0. The lowest BCUT2D eigenvalue weighted by atomic mass is 9.96. The molecule has 0 N–H and O–H groups in total. The summed E-state index contributed by atoms with van der Waals surface area (Å²) >= 11 is 0. The molecule has 3 aromatic carbocycles. The average molecular weight is 254 g/mol. The van der Waals surface area contributed by atoms with Gasteiger partial charge in [-0.2, -0.15) is 10.5 Å². The Hall–Kier alpha value is -3.10. The molecule has 0 aromatic heterocycles. The van der Waals surface area contributed by atoms with Crippen molar-refractivity contribution in [2.45, 2.75) is 0 Å². The van der Waals surface area contributed by atoms with Crippen LogP contribution in [0, 0.1) is 22.7 Å². The minimum absolute atomic E-state index is 0.116. The van der Waals surface area contributed by atoms with Crippen LogP contribution in [0.15, 0.2) is 60.2 Å². The largest absolute Gasteiger partial charge is 0.192 e. The molecule has 92 valence electrons. The number of hydrogen-bond donors (Lipinski definition) is 0. The monoisotopic (exact) mass is 254 g/mol. The third-order valence-corrected chi connectivity index (χ3v) is 3.34. The number of allylic oxidation sites excluding steroid dienone is 1. The molecule has 0 amide bonds. The van der Waals surface area contributed by atoms with Gasteiger partial charge in [-0.15, -0.1) is 0 Å². The van der Waals surface area contributed by atoms with E-state index < -0.39 is 0 Å². The predicted octanol–water partition coefficient (Wildman–Crippen LogP) is 4.42. The highest BCUT2D eigenvalue weighted by Crippen LogP contribution is 2.29. The number of benzene rings is 3. The van der Waals surface area contributed by atoms with Crippen molar-refractivity contribution in [3.63, 3.8) is 0 Å². The van der Waals surface area contributed by atoms with Crippen molar-refractivity contribution in [3.05, 3.63) is 65.7 Å². The van der Waals surface area contributed by atoms with Gasteiger partial charge in [0.05, 0.1) is 0 Å². The molecule has 0 saturated carbocycles. The van der Waals surface area contributed by atoms with E-state index in [4.69, 9.17) is 10.5 Å². The zero-order chi connectivity index (χ0) is 13.9. The number of hydrogen-bond acceptors (Lipinski definition) is 2. The van der Waals surface area contributed by atoms with Gasteiger partial charge in [0.1, 0.15) is 17.7 Å². The molecule has 0 atom stereocenters. The molecule has 20 heavy (non-hydrogen) atoms. The van der Waals surface area contributed by atoms with Crippen LogP contribution in [0.5, 0.6) is 0 Å². The molecule has 0 aliphatic heterocycles. The highest BCUT2D eigenvalue weighted by Gasteiger charge is 2.05. The second-order valence-corrected chi connectivity index (χ2v) is 4.51. The summed E-state index contributed by atoms with van der Waals surface area (Å²) in [6.07, 6.45) is 1.65. The average Bonchev–Trinajstić information content (AvgIpc) is 2.52. The Labute approximate surface area is 116 Å². The quantitative estimate of drug-likeness (QED) is 0.476. The van der Waals surface area contributed by atoms with Crippen LogP contribution in [-0.4, -0.2) is 0 Å². The van der Waals surface area contributed by atoms with Gasteiger partial charge in [-0.3, -0.25) is 0 Å². The van der Waals surface area contributed by atoms with Gasteiger partial charge in [-0.25, -0.2) is 0 Å². The highest BCUT2D eigenvalue weighted by atomic mass is 14.3. The van der Waals surface area contributed by atoms with Crippen molar-refractivity contribution < 1.29 is 0 Å². The Morgan fingerprint density at radius 2 is 1.40 bits per heavy atom. The first kappa shape index (κ1) is 12.0. The highest BCUT2D eigenvalue weighted by molar-refractivity contribution is 6.11. The Bertz CT molecular complexity index is 905. The second-order valence-electron chi connectivity index (χ2n) is 4.51. The smallest absolute Gasteiger partial charge is 0.130 e. The molecule has 0 heterocycles. The van der Waals surface area contributed by atoms with Crippen molar-refractivity contribution >= 4 is 27.6 Å². The molecule has 0 aliphatic carbocycles. The summed E-state index contributed by atoms with van der Waals surface area (Å²) in [6, 6.07) is 22.0. The standard InChI is InChI=1S/C18H10N2/c19-11-13(12-20)9-15-10-14-5-1-2-6-16(14)18-8-4-3-7-17(15)18/h1-10H. The van der Waals surface area contributed by atoms with Gasteiger partial charge in [0, 0.05) is 0 Å². The zero-order valence-corrected chi connectivity index (χ0v) is 10.7. The Morgan fingerprint density at radius 3 is 2.10 bits per heavy atom. The van der Waals surface area contributed by atoms with E-state index in [2.05, 4.69) is 12.1 Å². The molecule has 0 radical (unpaired) electrons. The molecule has 0 spiro atoms. The van der Waals surface area contributed by atoms with Crippen molar-refractivity contribution in [1.29, 1.82) is 10.5 Å². The molecular formula is C18H10N2. The maximum Gasteiger partial charge on any atom is 0.130 e. The maximum absolute atomic E-state index is 8.93. The first-order valence-corrected chi connectivity index (χ1v) is 6.26. The van der Waals surface area contributed by atoms with E-state index in [1.165, 1.54) is 5.39 Å². The molecule has 0 bridgehead atoms. The third-order valence-electron chi connectivity index (χ3n) is 3.34. The topological polar surface area (TPSA) is 47.6 Å². The Morgan fingerprint density at radius 1 is 0.800 bits per heavy atom. The van der Waals surface area contributed by atoms with Gasteiger partial charge in [0.2, 0.25) is 0 Å². The molecule has 0 fully saturated rings. The maximum atomic E-state index is 8.93. The van der Waals surface area contributed by atoms with Crippen molar-refractivity contribution in [1.82, 2.24) is 0 Å². The number of rotatable bonds is 1. The number of nitrogens with zero attached hydrogens (tertiary/aromatic N) is 2. The van der Waals surface area contributed by atoms with Gasteiger partial charge in [-0.1, -0.05) is 48.5 Å². The van der Waals surface area contributed by atoms with Gasteiger partial charge in [-0.05, 0) is 39.3 Å². The summed E-state index contributed by atoms with van der Waals surface area (Å²) in [6.45, 7) is 0. The van der Waals surface area contributed by atoms with E-state index in [1.807, 2.05) is 54.6 Å². The number of nitriles is 2. The first-order chi connectivity index (χ1) is 9.83. The van der Waals surface area contributed by atoms with Crippen LogP contribution in [0.4, 0.5) is 0 Å². The van der Waals surface area contributed by atoms with E-state index >= 15 is 0 Å². The predicted molar refractivity (Wildman–Crippen MR) is 80.7 cm³/mol. The minimum atomic E-state index is 0.116. The van der Waals surface area contributed by atoms with Crippen LogP contribution in [0.3, 0.4) is 0 Å². The van der Waals surface area contributed by atoms with Crippen LogP contribution in [-0.2, 0) is 0 Å². The molecule has 2 nitrogen and oxygen atoms in total. The molecule has 0 saturated heterocycles. The SMILES string of the molecule is N#CC(C#N)=Cc1cc2ccccc2c2ccccc12. The van der Waals surface area contributed by atoms with Crippen LogP contribution >= 0.6 is 0 Å². The van der Waals surface area contributed by atoms with E-state index in [1.54, 1.807) is 6.08 Å². The molecule has 2 heteroatoms. The van der Waals surface area contributed by atoms with Gasteiger partial charge < -0.3 is 0 Å². The van der Waals surface area contributed by atoms with E-state index in [0.29, 0.717) is 0 Å². The lowest BCUT2D eigenvalue weighted by Crippen LogP contribution is -1.83. The molecular weight excluding hydrogens is 244 g/mol. The fourth-order valence-electron chi connectivity index (χ4n) is 2.45. The summed E-state index contributed by atoms with van der Waals surface area (Å²) in [4.78, 5) is 0. The lowest BCUT2D eigenvalue weighted by Gasteiger charge is -2.07. The zero-order valence-electron chi connectivity index (χ0n) is 10.7. The van der Waals surface area contributed by atoms with E-state index in [0.717, 1.165) is 21.7 Å². The molecule has 3 rings (SSSR count). The van der Waals surface area contributed by atoms with Gasteiger partial charge in [0.15, 0.2) is 0 Å².